The molecule has 0 amide bonds. The molecule has 0 bridgehead atoms. The second kappa shape index (κ2) is 5.32. The molecule has 2 aromatic rings. The molecule has 2 rings (SSSR count). The molecule has 0 saturated carbocycles. The second-order valence-electron chi connectivity index (χ2n) is 3.73. The number of carbonyl (C=O) groups excluding carboxylic acids is 1. The van der Waals surface area contributed by atoms with Gasteiger partial charge < -0.3 is 15.5 Å². The van der Waals surface area contributed by atoms with Crippen molar-refractivity contribution < 1.29 is 9.21 Å². The lowest BCUT2D eigenvalue weighted by Gasteiger charge is -2.03. The van der Waals surface area contributed by atoms with Crippen LogP contribution in [0, 0.1) is 0 Å². The van der Waals surface area contributed by atoms with E-state index in [1.165, 1.54) is 0 Å². The summed E-state index contributed by atoms with van der Waals surface area (Å²) in [5.74, 6) is 0.828. The summed E-state index contributed by atoms with van der Waals surface area (Å²) in [5, 5.41) is 3.02. The van der Waals surface area contributed by atoms with Gasteiger partial charge in [-0.1, -0.05) is 12.1 Å². The molecular formula is C13H14N2O2. The zero-order chi connectivity index (χ0) is 12.1. The number of nitrogens with two attached hydrogens (primary N) is 1. The lowest BCUT2D eigenvalue weighted by Crippen LogP contribution is -2.22. The second-order valence-corrected chi connectivity index (χ2v) is 3.73. The maximum Gasteiger partial charge on any atom is 0.176 e. The Morgan fingerprint density at radius 3 is 2.88 bits per heavy atom. The van der Waals surface area contributed by atoms with E-state index in [-0.39, 0.29) is 12.3 Å². The van der Waals surface area contributed by atoms with E-state index in [4.69, 9.17) is 10.2 Å². The molecule has 0 aliphatic rings. The van der Waals surface area contributed by atoms with Crippen LogP contribution >= 0.6 is 0 Å². The Morgan fingerprint density at radius 2 is 2.18 bits per heavy atom. The van der Waals surface area contributed by atoms with Crippen molar-refractivity contribution in [2.75, 3.05) is 12.3 Å². The first-order valence-electron chi connectivity index (χ1n) is 5.37. The standard InChI is InChI=1S/C13H14N2O2/c14-11-4-1-3-10(7-11)13(16)9-15-8-12-5-2-6-17-12/h1-7,15H,8-9,14H2. The highest BCUT2D eigenvalue weighted by Crippen LogP contribution is 2.07. The van der Waals surface area contributed by atoms with Gasteiger partial charge >= 0.3 is 0 Å². The van der Waals surface area contributed by atoms with Crippen LogP contribution in [-0.2, 0) is 6.54 Å². The molecule has 0 aliphatic carbocycles. The molecule has 0 saturated heterocycles. The molecule has 0 unspecified atom stereocenters. The fourth-order valence-electron chi connectivity index (χ4n) is 1.53. The molecule has 88 valence electrons. The van der Waals surface area contributed by atoms with Crippen LogP contribution in [0.4, 0.5) is 5.69 Å². The molecule has 0 fully saturated rings. The number of rotatable bonds is 5. The number of anilines is 1. The van der Waals surface area contributed by atoms with Gasteiger partial charge in [-0.2, -0.15) is 0 Å². The molecule has 0 radical (unpaired) electrons. The Morgan fingerprint density at radius 1 is 1.29 bits per heavy atom. The molecule has 0 aliphatic heterocycles. The molecule has 1 aromatic carbocycles. The number of nitrogens with one attached hydrogen (secondary N) is 1. The first kappa shape index (κ1) is 11.4. The van der Waals surface area contributed by atoms with Gasteiger partial charge in [-0.25, -0.2) is 0 Å². The molecule has 1 heterocycles. The van der Waals surface area contributed by atoms with Crippen LogP contribution in [0.5, 0.6) is 0 Å². The van der Waals surface area contributed by atoms with Gasteiger partial charge in [0.2, 0.25) is 0 Å². The van der Waals surface area contributed by atoms with Crippen molar-refractivity contribution in [3.63, 3.8) is 0 Å². The summed E-state index contributed by atoms with van der Waals surface area (Å²) in [5.41, 5.74) is 6.84. The molecule has 3 N–H and O–H groups in total. The van der Waals surface area contributed by atoms with E-state index in [0.717, 1.165) is 5.76 Å². The van der Waals surface area contributed by atoms with E-state index in [1.807, 2.05) is 12.1 Å². The van der Waals surface area contributed by atoms with Crippen LogP contribution in [0.15, 0.2) is 47.1 Å². The van der Waals surface area contributed by atoms with E-state index < -0.39 is 0 Å². The van der Waals surface area contributed by atoms with Crippen LogP contribution in [0.2, 0.25) is 0 Å². The average Bonchev–Trinajstić information content (AvgIpc) is 2.82. The SMILES string of the molecule is Nc1cccc(C(=O)CNCc2ccco2)c1. The number of Topliss-reactive ketones (excluding diaryl/α,β-unsaturated/α-hetero) is 1. The minimum Gasteiger partial charge on any atom is -0.468 e. The van der Waals surface area contributed by atoms with Gasteiger partial charge in [-0.15, -0.1) is 0 Å². The van der Waals surface area contributed by atoms with E-state index in [0.29, 0.717) is 17.8 Å². The van der Waals surface area contributed by atoms with Crippen LogP contribution in [0.1, 0.15) is 16.1 Å². The van der Waals surface area contributed by atoms with E-state index in [9.17, 15) is 4.79 Å². The maximum atomic E-state index is 11.8. The zero-order valence-electron chi connectivity index (χ0n) is 9.35. The normalized spacial score (nSPS) is 10.4. The third-order valence-electron chi connectivity index (χ3n) is 2.37. The molecule has 4 nitrogen and oxygen atoms in total. The van der Waals surface area contributed by atoms with Crippen LogP contribution in [-0.4, -0.2) is 12.3 Å². The third kappa shape index (κ3) is 3.19. The molecule has 17 heavy (non-hydrogen) atoms. The van der Waals surface area contributed by atoms with Crippen molar-refractivity contribution in [3.05, 3.63) is 54.0 Å². The Bertz CT molecular complexity index is 492. The third-order valence-corrected chi connectivity index (χ3v) is 2.37. The van der Waals surface area contributed by atoms with E-state index in [2.05, 4.69) is 5.32 Å². The minimum atomic E-state index is 0.0175. The largest absolute Gasteiger partial charge is 0.468 e. The highest BCUT2D eigenvalue weighted by molar-refractivity contribution is 5.98. The Kier molecular flexibility index (Phi) is 3.57. The fraction of sp³-hybridized carbons (Fsp3) is 0.154. The van der Waals surface area contributed by atoms with Gasteiger partial charge in [0.15, 0.2) is 5.78 Å². The van der Waals surface area contributed by atoms with Gasteiger partial charge in [0.1, 0.15) is 5.76 Å². The van der Waals surface area contributed by atoms with Crippen LogP contribution < -0.4 is 11.1 Å². The van der Waals surface area contributed by atoms with Crippen molar-refractivity contribution >= 4 is 11.5 Å². The lowest BCUT2D eigenvalue weighted by atomic mass is 10.1. The molecule has 4 heteroatoms. The molecule has 1 aromatic heterocycles. The van der Waals surface area contributed by atoms with Crippen molar-refractivity contribution in [2.45, 2.75) is 6.54 Å². The maximum absolute atomic E-state index is 11.8. The summed E-state index contributed by atoms with van der Waals surface area (Å²) in [6.07, 6.45) is 1.61. The monoisotopic (exact) mass is 230 g/mol. The van der Waals surface area contributed by atoms with E-state index >= 15 is 0 Å². The highest BCUT2D eigenvalue weighted by atomic mass is 16.3. The van der Waals surface area contributed by atoms with Crippen LogP contribution in [0.3, 0.4) is 0 Å². The summed E-state index contributed by atoms with van der Waals surface area (Å²) in [6.45, 7) is 0.811. The lowest BCUT2D eigenvalue weighted by molar-refractivity contribution is 0.0990. The number of furan rings is 1. The quantitative estimate of drug-likeness (QED) is 0.607. The van der Waals surface area contributed by atoms with Gasteiger partial charge in [0.05, 0.1) is 19.4 Å². The number of hydrogen-bond acceptors (Lipinski definition) is 4. The molecule has 0 atom stereocenters. The highest BCUT2D eigenvalue weighted by Gasteiger charge is 2.05. The Labute approximate surface area is 99.4 Å². The van der Waals surface area contributed by atoms with Gasteiger partial charge in [0.25, 0.3) is 0 Å². The zero-order valence-corrected chi connectivity index (χ0v) is 9.35. The molecule has 0 spiro atoms. The van der Waals surface area contributed by atoms with Crippen LogP contribution in [0.25, 0.3) is 0 Å². The summed E-state index contributed by atoms with van der Waals surface area (Å²) < 4.78 is 5.15. The average molecular weight is 230 g/mol. The summed E-state index contributed by atoms with van der Waals surface area (Å²) in [4.78, 5) is 11.8. The van der Waals surface area contributed by atoms with E-state index in [1.54, 1.807) is 30.5 Å². The van der Waals surface area contributed by atoms with Crippen molar-refractivity contribution in [2.24, 2.45) is 0 Å². The summed E-state index contributed by atoms with van der Waals surface area (Å²) in [7, 11) is 0. The predicted molar refractivity (Wildman–Crippen MR) is 65.6 cm³/mol. The van der Waals surface area contributed by atoms with Gasteiger partial charge in [-0.05, 0) is 24.3 Å². The number of hydrogen-bond donors (Lipinski definition) is 2. The van der Waals surface area contributed by atoms with Gasteiger partial charge in [-0.3, -0.25) is 4.79 Å². The molecular weight excluding hydrogens is 216 g/mol. The predicted octanol–water partition coefficient (Wildman–Crippen LogP) is 1.83. The smallest absolute Gasteiger partial charge is 0.176 e. The van der Waals surface area contributed by atoms with Gasteiger partial charge in [0, 0.05) is 11.3 Å². The first-order valence-corrected chi connectivity index (χ1v) is 5.37. The van der Waals surface area contributed by atoms with Crippen molar-refractivity contribution in [1.82, 2.24) is 5.32 Å². The fourth-order valence-corrected chi connectivity index (χ4v) is 1.53. The number of carbonyl (C=O) groups is 1. The first-order chi connectivity index (χ1) is 8.25. The summed E-state index contributed by atoms with van der Waals surface area (Å²) >= 11 is 0. The Balaban J connectivity index is 1.85. The summed E-state index contributed by atoms with van der Waals surface area (Å²) in [6, 6.07) is 10.6. The minimum absolute atomic E-state index is 0.0175. The number of nitrogen functional groups attached to an aromatic ring is 1. The number of ketones is 1. The van der Waals surface area contributed by atoms with Crippen molar-refractivity contribution in [1.29, 1.82) is 0 Å². The van der Waals surface area contributed by atoms with Crippen molar-refractivity contribution in [3.8, 4) is 0 Å². The topological polar surface area (TPSA) is 68.3 Å². The Hall–Kier alpha value is -2.07. The number of benzene rings is 1.